The fraction of sp³-hybridized carbons (Fsp3) is 0.357. The first-order chi connectivity index (χ1) is 17.5. The summed E-state index contributed by atoms with van der Waals surface area (Å²) in [4.78, 5) is 25.2. The molecule has 1 aromatic carbocycles. The number of nitrogens with zero attached hydrogens (tertiary/aromatic N) is 5. The zero-order valence-corrected chi connectivity index (χ0v) is 21.7. The van der Waals surface area contributed by atoms with Crippen LogP contribution in [0.1, 0.15) is 37.1 Å². The molecule has 0 amide bonds. The van der Waals surface area contributed by atoms with Gasteiger partial charge in [-0.1, -0.05) is 18.2 Å². The van der Waals surface area contributed by atoms with E-state index in [1.165, 1.54) is 11.5 Å². The van der Waals surface area contributed by atoms with Gasteiger partial charge in [0.25, 0.3) is 5.56 Å². The topological polar surface area (TPSA) is 73.1 Å². The molecule has 1 unspecified atom stereocenters. The molecular formula is C28H31N5O2S. The maximum Gasteiger partial charge on any atom is 0.251 e. The zero-order chi connectivity index (χ0) is 25.1. The highest BCUT2D eigenvalue weighted by molar-refractivity contribution is 7.09. The summed E-state index contributed by atoms with van der Waals surface area (Å²) in [5.41, 5.74) is 3.84. The third kappa shape index (κ3) is 5.55. The van der Waals surface area contributed by atoms with Crippen LogP contribution in [0.15, 0.2) is 65.8 Å². The molecule has 36 heavy (non-hydrogen) atoms. The first-order valence-electron chi connectivity index (χ1n) is 12.4. The van der Waals surface area contributed by atoms with E-state index in [4.69, 9.17) is 4.74 Å². The van der Waals surface area contributed by atoms with Crippen molar-refractivity contribution in [3.05, 3.63) is 82.7 Å². The fourth-order valence-corrected chi connectivity index (χ4v) is 5.28. The van der Waals surface area contributed by atoms with Crippen molar-refractivity contribution in [1.29, 1.82) is 0 Å². The molecule has 0 saturated carbocycles. The molecular weight excluding hydrogens is 470 g/mol. The normalized spacial score (nSPS) is 15.6. The van der Waals surface area contributed by atoms with Crippen LogP contribution in [0.3, 0.4) is 0 Å². The quantitative estimate of drug-likeness (QED) is 0.352. The Labute approximate surface area is 215 Å². The van der Waals surface area contributed by atoms with Gasteiger partial charge in [0, 0.05) is 23.4 Å². The minimum atomic E-state index is -0.149. The van der Waals surface area contributed by atoms with Crippen LogP contribution in [0.25, 0.3) is 21.8 Å². The first kappa shape index (κ1) is 24.3. The number of benzene rings is 1. The van der Waals surface area contributed by atoms with E-state index < -0.39 is 0 Å². The summed E-state index contributed by atoms with van der Waals surface area (Å²) in [5, 5.41) is 0. The average molecular weight is 502 g/mol. The van der Waals surface area contributed by atoms with Gasteiger partial charge in [-0.05, 0) is 88.0 Å². The van der Waals surface area contributed by atoms with E-state index in [1.54, 1.807) is 23.0 Å². The Bertz CT molecular complexity index is 1370. The lowest BCUT2D eigenvalue weighted by Crippen LogP contribution is -2.32. The van der Waals surface area contributed by atoms with Crippen molar-refractivity contribution in [3.63, 3.8) is 0 Å². The molecule has 186 valence electrons. The first-order valence-corrected chi connectivity index (χ1v) is 13.1. The highest BCUT2D eigenvalue weighted by atomic mass is 32.1. The summed E-state index contributed by atoms with van der Waals surface area (Å²) in [5.74, 6) is 1.92. The SMILES string of the molecule is Cc1cc(-c2ccc(=O)n(C(C)c3cccc(-c4ncc(OCC5CCN(C)CC5)cn4)c3)c2)sn1. The highest BCUT2D eigenvalue weighted by Gasteiger charge is 2.17. The van der Waals surface area contributed by atoms with Crippen molar-refractivity contribution in [2.75, 3.05) is 26.7 Å². The Morgan fingerprint density at radius 2 is 1.86 bits per heavy atom. The van der Waals surface area contributed by atoms with Gasteiger partial charge >= 0.3 is 0 Å². The maximum atomic E-state index is 12.7. The van der Waals surface area contributed by atoms with E-state index in [0.29, 0.717) is 24.1 Å². The number of hydrogen-bond donors (Lipinski definition) is 0. The van der Waals surface area contributed by atoms with Crippen molar-refractivity contribution >= 4 is 11.5 Å². The molecule has 8 heteroatoms. The lowest BCUT2D eigenvalue weighted by molar-refractivity contribution is 0.159. The van der Waals surface area contributed by atoms with Crippen LogP contribution in [0.2, 0.25) is 0 Å². The number of aryl methyl sites for hydroxylation is 1. The van der Waals surface area contributed by atoms with E-state index in [0.717, 1.165) is 53.2 Å². The van der Waals surface area contributed by atoms with E-state index >= 15 is 0 Å². The smallest absolute Gasteiger partial charge is 0.251 e. The molecule has 3 aromatic heterocycles. The fourth-order valence-electron chi connectivity index (χ4n) is 4.53. The van der Waals surface area contributed by atoms with Gasteiger partial charge in [0.15, 0.2) is 11.6 Å². The number of rotatable bonds is 7. The standard InChI is InChI=1S/C28H31N5O2S/c1-19-13-26(36-31-19)24-7-8-27(34)33(17-24)20(2)22-5-4-6-23(14-22)28-29-15-25(16-30-28)35-18-21-9-11-32(3)12-10-21/h4-8,13-17,20-21H,9-12,18H2,1-3H3. The minimum Gasteiger partial charge on any atom is -0.490 e. The second-order valence-electron chi connectivity index (χ2n) is 9.60. The van der Waals surface area contributed by atoms with Crippen LogP contribution >= 0.6 is 11.5 Å². The third-order valence-electron chi connectivity index (χ3n) is 6.85. The molecule has 0 spiro atoms. The van der Waals surface area contributed by atoms with Crippen molar-refractivity contribution in [2.45, 2.75) is 32.7 Å². The molecule has 0 bridgehead atoms. The molecule has 1 aliphatic heterocycles. The molecule has 5 rings (SSSR count). The third-order valence-corrected chi connectivity index (χ3v) is 7.78. The second-order valence-corrected chi connectivity index (χ2v) is 10.4. The van der Waals surface area contributed by atoms with Gasteiger partial charge in [0.1, 0.15) is 0 Å². The summed E-state index contributed by atoms with van der Waals surface area (Å²) < 4.78 is 12.1. The van der Waals surface area contributed by atoms with Gasteiger partial charge in [0.2, 0.25) is 0 Å². The van der Waals surface area contributed by atoms with Crippen molar-refractivity contribution in [2.24, 2.45) is 5.92 Å². The number of pyridine rings is 1. The number of aromatic nitrogens is 4. The van der Waals surface area contributed by atoms with E-state index in [9.17, 15) is 4.79 Å². The highest BCUT2D eigenvalue weighted by Crippen LogP contribution is 2.27. The van der Waals surface area contributed by atoms with E-state index in [-0.39, 0.29) is 11.6 Å². The van der Waals surface area contributed by atoms with Crippen LogP contribution < -0.4 is 10.3 Å². The Morgan fingerprint density at radius 1 is 1.08 bits per heavy atom. The summed E-state index contributed by atoms with van der Waals surface area (Å²) in [7, 11) is 2.17. The lowest BCUT2D eigenvalue weighted by Gasteiger charge is -2.28. The number of piperidine rings is 1. The average Bonchev–Trinajstić information content (AvgIpc) is 3.35. The predicted octanol–water partition coefficient (Wildman–Crippen LogP) is 5.07. The Hall–Kier alpha value is -3.36. The van der Waals surface area contributed by atoms with Gasteiger partial charge in [-0.3, -0.25) is 4.79 Å². The molecule has 7 nitrogen and oxygen atoms in total. The van der Waals surface area contributed by atoms with Gasteiger partial charge in [-0.15, -0.1) is 0 Å². The second kappa shape index (κ2) is 10.7. The molecule has 1 atom stereocenters. The Kier molecular flexibility index (Phi) is 7.25. The van der Waals surface area contributed by atoms with Gasteiger partial charge in [-0.2, -0.15) is 4.37 Å². The monoisotopic (exact) mass is 501 g/mol. The van der Waals surface area contributed by atoms with Crippen molar-refractivity contribution in [1.82, 2.24) is 23.8 Å². The molecule has 1 aliphatic rings. The number of ether oxygens (including phenoxy) is 1. The molecule has 0 aliphatic carbocycles. The van der Waals surface area contributed by atoms with Crippen LogP contribution in [-0.4, -0.2) is 50.6 Å². The van der Waals surface area contributed by atoms with Crippen molar-refractivity contribution in [3.8, 4) is 27.6 Å². The summed E-state index contributed by atoms with van der Waals surface area (Å²) >= 11 is 1.44. The van der Waals surface area contributed by atoms with Crippen LogP contribution in [0, 0.1) is 12.8 Å². The molecule has 4 aromatic rings. The maximum absolute atomic E-state index is 12.7. The molecule has 0 N–H and O–H groups in total. The minimum absolute atomic E-state index is 0.0414. The summed E-state index contributed by atoms with van der Waals surface area (Å²) in [6.45, 7) is 6.96. The van der Waals surface area contributed by atoms with Crippen LogP contribution in [-0.2, 0) is 0 Å². The largest absolute Gasteiger partial charge is 0.490 e. The van der Waals surface area contributed by atoms with Crippen molar-refractivity contribution < 1.29 is 4.74 Å². The lowest BCUT2D eigenvalue weighted by atomic mass is 9.98. The van der Waals surface area contributed by atoms with Crippen LogP contribution in [0.4, 0.5) is 0 Å². The van der Waals surface area contributed by atoms with E-state index in [1.807, 2.05) is 50.4 Å². The molecule has 1 fully saturated rings. The number of likely N-dealkylation sites (tertiary alicyclic amines) is 1. The molecule has 1 saturated heterocycles. The van der Waals surface area contributed by atoms with E-state index in [2.05, 4.69) is 32.4 Å². The zero-order valence-electron chi connectivity index (χ0n) is 20.9. The molecule has 0 radical (unpaired) electrons. The number of hydrogen-bond acceptors (Lipinski definition) is 7. The summed E-state index contributed by atoms with van der Waals surface area (Å²) in [6, 6.07) is 13.4. The van der Waals surface area contributed by atoms with Gasteiger partial charge in [0.05, 0.1) is 35.6 Å². The molecule has 4 heterocycles. The predicted molar refractivity (Wildman–Crippen MR) is 144 cm³/mol. The summed E-state index contributed by atoms with van der Waals surface area (Å²) in [6.07, 6.45) is 7.74. The van der Waals surface area contributed by atoms with Crippen LogP contribution in [0.5, 0.6) is 5.75 Å². The Balaban J connectivity index is 1.30. The van der Waals surface area contributed by atoms with Gasteiger partial charge in [-0.25, -0.2) is 9.97 Å². The van der Waals surface area contributed by atoms with Gasteiger partial charge < -0.3 is 14.2 Å². The Morgan fingerprint density at radius 3 is 2.58 bits per heavy atom.